The van der Waals surface area contributed by atoms with E-state index in [1.165, 1.54) is 24.8 Å². The molecule has 1 rings (SSSR count). The predicted molar refractivity (Wildman–Crippen MR) is 92.1 cm³/mol. The van der Waals surface area contributed by atoms with Crippen LogP contribution in [0.3, 0.4) is 0 Å². The maximum absolute atomic E-state index is 10.3. The van der Waals surface area contributed by atoms with Gasteiger partial charge >= 0.3 is 0 Å². The Morgan fingerprint density at radius 1 is 1.10 bits per heavy atom. The molecule has 0 saturated heterocycles. The third kappa shape index (κ3) is 5.87. The Balaban J connectivity index is 2.70. The Kier molecular flexibility index (Phi) is 6.87. The molecule has 0 aromatic heterocycles. The molecule has 0 aromatic rings. The maximum atomic E-state index is 10.3. The molecule has 1 nitrogen and oxygen atoms in total. The van der Waals surface area contributed by atoms with Gasteiger partial charge in [-0.2, -0.15) is 0 Å². The van der Waals surface area contributed by atoms with E-state index in [-0.39, 0.29) is 0 Å². The van der Waals surface area contributed by atoms with Crippen LogP contribution in [0.15, 0.2) is 47.6 Å². The maximum Gasteiger partial charge on any atom is 0.143 e. The molecule has 0 amide bonds. The average Bonchev–Trinajstić information content (AvgIpc) is 2.37. The van der Waals surface area contributed by atoms with E-state index in [9.17, 15) is 4.79 Å². The molecule has 1 fully saturated rings. The molecule has 0 bridgehead atoms. The summed E-state index contributed by atoms with van der Waals surface area (Å²) in [4.78, 5) is 10.3. The van der Waals surface area contributed by atoms with Gasteiger partial charge in [0.2, 0.25) is 0 Å². The molecule has 116 valence electrons. The Hall–Kier alpha value is -1.37. The fourth-order valence-corrected chi connectivity index (χ4v) is 3.27. The molecule has 0 spiro atoms. The van der Waals surface area contributed by atoms with E-state index in [4.69, 9.17) is 0 Å². The van der Waals surface area contributed by atoms with E-state index >= 15 is 0 Å². The molecule has 0 aromatic carbocycles. The number of carbonyl (C=O) groups is 1. The van der Waals surface area contributed by atoms with Crippen LogP contribution in [0, 0.1) is 17.3 Å². The zero-order valence-corrected chi connectivity index (χ0v) is 14.2. The van der Waals surface area contributed by atoms with Crippen molar-refractivity contribution in [1.82, 2.24) is 0 Å². The molecule has 1 heteroatoms. The molecular formula is C20H30O. The summed E-state index contributed by atoms with van der Waals surface area (Å²) in [6.07, 6.45) is 17.1. The largest absolute Gasteiger partial charge is 0.299 e. The lowest BCUT2D eigenvalue weighted by Gasteiger charge is -2.41. The van der Waals surface area contributed by atoms with Crippen LogP contribution in [0.1, 0.15) is 53.9 Å². The van der Waals surface area contributed by atoms with Crippen LogP contribution in [-0.2, 0) is 4.79 Å². The molecule has 21 heavy (non-hydrogen) atoms. The van der Waals surface area contributed by atoms with Gasteiger partial charge in [0, 0.05) is 0 Å². The minimum absolute atomic E-state index is 0.410. The van der Waals surface area contributed by atoms with Gasteiger partial charge in [0.25, 0.3) is 0 Å². The average molecular weight is 286 g/mol. The first-order valence-corrected chi connectivity index (χ1v) is 8.02. The van der Waals surface area contributed by atoms with Crippen molar-refractivity contribution in [2.24, 2.45) is 17.3 Å². The SMILES string of the molecule is CC(/C=C/C=C(C)/C=C/[C@H]1[C@H](C)CCCC1(C)C)=C\C=O. The van der Waals surface area contributed by atoms with Crippen molar-refractivity contribution in [2.75, 3.05) is 0 Å². The summed E-state index contributed by atoms with van der Waals surface area (Å²) in [5.74, 6) is 1.43. The molecule has 1 saturated carbocycles. The van der Waals surface area contributed by atoms with E-state index in [1.807, 2.05) is 19.1 Å². The van der Waals surface area contributed by atoms with Crippen LogP contribution in [0.5, 0.6) is 0 Å². The summed E-state index contributed by atoms with van der Waals surface area (Å²) < 4.78 is 0. The van der Waals surface area contributed by atoms with Gasteiger partial charge < -0.3 is 0 Å². The quantitative estimate of drug-likeness (QED) is 0.362. The third-order valence-corrected chi connectivity index (χ3v) is 4.61. The lowest BCUT2D eigenvalue weighted by Crippen LogP contribution is -2.32. The van der Waals surface area contributed by atoms with E-state index in [0.717, 1.165) is 17.8 Å². The smallest absolute Gasteiger partial charge is 0.143 e. The second kappa shape index (κ2) is 8.17. The lowest BCUT2D eigenvalue weighted by atomic mass is 9.64. The topological polar surface area (TPSA) is 17.1 Å². The fraction of sp³-hybridized carbons (Fsp3) is 0.550. The predicted octanol–water partition coefficient (Wildman–Crippen LogP) is 5.65. The fourth-order valence-electron chi connectivity index (χ4n) is 3.27. The summed E-state index contributed by atoms with van der Waals surface area (Å²) in [7, 11) is 0. The number of aldehydes is 1. The van der Waals surface area contributed by atoms with Crippen molar-refractivity contribution in [3.05, 3.63) is 47.6 Å². The van der Waals surface area contributed by atoms with Crippen LogP contribution >= 0.6 is 0 Å². The van der Waals surface area contributed by atoms with E-state index < -0.39 is 0 Å². The minimum atomic E-state index is 0.410. The third-order valence-electron chi connectivity index (χ3n) is 4.61. The summed E-state index contributed by atoms with van der Waals surface area (Å²) in [5, 5.41) is 0. The first-order valence-electron chi connectivity index (χ1n) is 8.02. The number of allylic oxidation sites excluding steroid dienone is 8. The van der Waals surface area contributed by atoms with Gasteiger partial charge in [-0.05, 0) is 49.2 Å². The van der Waals surface area contributed by atoms with Crippen molar-refractivity contribution in [1.29, 1.82) is 0 Å². The van der Waals surface area contributed by atoms with E-state index in [2.05, 4.69) is 45.9 Å². The van der Waals surface area contributed by atoms with Crippen LogP contribution in [0.2, 0.25) is 0 Å². The first-order chi connectivity index (χ1) is 9.86. The Morgan fingerprint density at radius 3 is 2.38 bits per heavy atom. The standard InChI is InChI=1S/C20H30O/c1-16(8-6-9-17(2)13-15-21)11-12-19-18(3)10-7-14-20(19,4)5/h6,8-9,11-13,15,18-19H,7,10,14H2,1-5H3/b9-6+,12-11+,16-8+,17-13+/t18-,19+/m1/s1. The highest BCUT2D eigenvalue weighted by Gasteiger charge is 2.34. The van der Waals surface area contributed by atoms with Gasteiger partial charge in [-0.25, -0.2) is 0 Å². The van der Waals surface area contributed by atoms with Crippen molar-refractivity contribution in [2.45, 2.75) is 53.9 Å². The van der Waals surface area contributed by atoms with Crippen LogP contribution in [0.4, 0.5) is 0 Å². The van der Waals surface area contributed by atoms with Crippen molar-refractivity contribution >= 4 is 6.29 Å². The Bertz CT molecular complexity index is 460. The van der Waals surface area contributed by atoms with Gasteiger partial charge in [0.1, 0.15) is 6.29 Å². The minimum Gasteiger partial charge on any atom is -0.299 e. The Morgan fingerprint density at radius 2 is 1.76 bits per heavy atom. The first kappa shape index (κ1) is 17.7. The molecule has 0 N–H and O–H groups in total. The molecule has 0 aliphatic heterocycles. The monoisotopic (exact) mass is 286 g/mol. The van der Waals surface area contributed by atoms with Gasteiger partial charge in [-0.3, -0.25) is 4.79 Å². The van der Waals surface area contributed by atoms with Crippen LogP contribution < -0.4 is 0 Å². The molecule has 0 heterocycles. The molecular weight excluding hydrogens is 256 g/mol. The van der Waals surface area contributed by atoms with E-state index in [1.54, 1.807) is 6.08 Å². The number of carbonyl (C=O) groups excluding carboxylic acids is 1. The summed E-state index contributed by atoms with van der Waals surface area (Å²) in [6.45, 7) is 11.2. The van der Waals surface area contributed by atoms with Crippen LogP contribution in [-0.4, -0.2) is 6.29 Å². The number of hydrogen-bond acceptors (Lipinski definition) is 1. The molecule has 1 aliphatic rings. The van der Waals surface area contributed by atoms with Crippen molar-refractivity contribution < 1.29 is 4.79 Å². The second-order valence-corrected chi connectivity index (χ2v) is 7.06. The Labute approximate surface area is 130 Å². The van der Waals surface area contributed by atoms with Gasteiger partial charge in [-0.1, -0.05) is 69.6 Å². The van der Waals surface area contributed by atoms with Gasteiger partial charge in [0.15, 0.2) is 0 Å². The van der Waals surface area contributed by atoms with Crippen molar-refractivity contribution in [3.63, 3.8) is 0 Å². The lowest BCUT2D eigenvalue weighted by molar-refractivity contribution is -0.104. The normalized spacial score (nSPS) is 27.5. The summed E-state index contributed by atoms with van der Waals surface area (Å²) in [5.41, 5.74) is 2.63. The molecule has 0 radical (unpaired) electrons. The van der Waals surface area contributed by atoms with E-state index in [0.29, 0.717) is 11.3 Å². The van der Waals surface area contributed by atoms with Gasteiger partial charge in [-0.15, -0.1) is 0 Å². The molecule has 2 atom stereocenters. The number of rotatable bonds is 5. The highest BCUT2D eigenvalue weighted by atomic mass is 16.1. The number of hydrogen-bond donors (Lipinski definition) is 0. The zero-order chi connectivity index (χ0) is 15.9. The highest BCUT2D eigenvalue weighted by Crippen LogP contribution is 2.44. The molecule has 1 aliphatic carbocycles. The molecule has 0 unspecified atom stereocenters. The summed E-state index contributed by atoms with van der Waals surface area (Å²) in [6, 6.07) is 0. The highest BCUT2D eigenvalue weighted by molar-refractivity contribution is 5.66. The van der Waals surface area contributed by atoms with Crippen molar-refractivity contribution in [3.8, 4) is 0 Å². The zero-order valence-electron chi connectivity index (χ0n) is 14.2. The second-order valence-electron chi connectivity index (χ2n) is 7.06. The summed E-state index contributed by atoms with van der Waals surface area (Å²) >= 11 is 0. The van der Waals surface area contributed by atoms with Gasteiger partial charge in [0.05, 0.1) is 0 Å². The van der Waals surface area contributed by atoms with Crippen LogP contribution in [0.25, 0.3) is 0 Å².